The van der Waals surface area contributed by atoms with E-state index >= 15 is 0 Å². The number of nitrogens with zero attached hydrogens (tertiary/aromatic N) is 4. The Kier molecular flexibility index (Phi) is 7.78. The molecule has 7 aromatic carbocycles. The van der Waals surface area contributed by atoms with Crippen molar-refractivity contribution < 1.29 is 26.3 Å². The summed E-state index contributed by atoms with van der Waals surface area (Å²) < 4.78 is 87.5. The summed E-state index contributed by atoms with van der Waals surface area (Å²) in [6, 6.07) is 43.4. The summed E-state index contributed by atoms with van der Waals surface area (Å²) in [7, 11) is 0. The number of hydrogen-bond donors (Lipinski definition) is 0. The van der Waals surface area contributed by atoms with Crippen LogP contribution in [0, 0.1) is 22.7 Å². The molecule has 10 heteroatoms. The molecular formula is C46H24F6N4. The lowest BCUT2D eigenvalue weighted by molar-refractivity contribution is -0.138. The van der Waals surface area contributed by atoms with Crippen LogP contribution >= 0.6 is 0 Å². The largest absolute Gasteiger partial charge is 0.416 e. The summed E-state index contributed by atoms with van der Waals surface area (Å²) in [5.74, 6) is 0. The Morgan fingerprint density at radius 2 is 0.661 bits per heavy atom. The highest BCUT2D eigenvalue weighted by atomic mass is 19.4. The first-order valence-corrected chi connectivity index (χ1v) is 17.4. The van der Waals surface area contributed by atoms with E-state index < -0.39 is 23.5 Å². The van der Waals surface area contributed by atoms with Gasteiger partial charge < -0.3 is 9.13 Å². The number of fused-ring (bicyclic) bond motifs is 6. The summed E-state index contributed by atoms with van der Waals surface area (Å²) in [5, 5.41) is 25.9. The summed E-state index contributed by atoms with van der Waals surface area (Å²) >= 11 is 0. The quantitative estimate of drug-likeness (QED) is 0.168. The van der Waals surface area contributed by atoms with Crippen LogP contribution in [0.15, 0.2) is 146 Å². The minimum Gasteiger partial charge on any atom is -0.307 e. The van der Waals surface area contributed by atoms with E-state index in [1.54, 1.807) is 0 Å². The number of rotatable bonds is 4. The van der Waals surface area contributed by atoms with Crippen LogP contribution in [0.3, 0.4) is 0 Å². The van der Waals surface area contributed by atoms with Crippen molar-refractivity contribution in [1.29, 1.82) is 10.5 Å². The van der Waals surface area contributed by atoms with Crippen LogP contribution in [0.5, 0.6) is 0 Å². The van der Waals surface area contributed by atoms with E-state index in [0.717, 1.165) is 45.8 Å². The normalized spacial score (nSPS) is 12.1. The molecule has 0 saturated carbocycles. The zero-order valence-electron chi connectivity index (χ0n) is 28.9. The Balaban J connectivity index is 1.57. The Morgan fingerprint density at radius 3 is 0.946 bits per heavy atom. The van der Waals surface area contributed by atoms with Gasteiger partial charge in [-0.25, -0.2) is 0 Å². The molecule has 0 N–H and O–H groups in total. The molecule has 9 rings (SSSR count). The van der Waals surface area contributed by atoms with Crippen molar-refractivity contribution in [3.05, 3.63) is 168 Å². The molecule has 0 fully saturated rings. The van der Waals surface area contributed by atoms with Gasteiger partial charge >= 0.3 is 12.4 Å². The predicted octanol–water partition coefficient (Wildman–Crippen LogP) is 13.0. The van der Waals surface area contributed by atoms with Gasteiger partial charge in [-0.05, 0) is 59.7 Å². The lowest BCUT2D eigenvalue weighted by atomic mass is 9.86. The van der Waals surface area contributed by atoms with E-state index in [9.17, 15) is 36.9 Å². The van der Waals surface area contributed by atoms with E-state index in [1.807, 2.05) is 106 Å². The molecule has 0 radical (unpaired) electrons. The zero-order chi connectivity index (χ0) is 38.9. The van der Waals surface area contributed by atoms with Crippen molar-refractivity contribution in [3.63, 3.8) is 0 Å². The summed E-state index contributed by atoms with van der Waals surface area (Å²) in [4.78, 5) is 0. The second-order valence-corrected chi connectivity index (χ2v) is 13.3. The average Bonchev–Trinajstić information content (AvgIpc) is 3.72. The number of alkyl halides is 6. The molecule has 4 nitrogen and oxygen atoms in total. The monoisotopic (exact) mass is 746 g/mol. The second-order valence-electron chi connectivity index (χ2n) is 13.3. The Labute approximate surface area is 314 Å². The molecule has 0 aliphatic carbocycles. The van der Waals surface area contributed by atoms with E-state index in [0.29, 0.717) is 22.1 Å². The fourth-order valence-electron chi connectivity index (χ4n) is 7.93. The van der Waals surface area contributed by atoms with E-state index in [-0.39, 0.29) is 44.8 Å². The third-order valence-electron chi connectivity index (χ3n) is 10.3. The van der Waals surface area contributed by atoms with Gasteiger partial charge in [0.2, 0.25) is 0 Å². The summed E-state index contributed by atoms with van der Waals surface area (Å²) in [6.07, 6.45) is -9.30. The molecule has 0 aliphatic heterocycles. The fourth-order valence-corrected chi connectivity index (χ4v) is 7.93. The van der Waals surface area contributed by atoms with Gasteiger partial charge in [0.1, 0.15) is 12.1 Å². The Hall–Kier alpha value is -7.30. The van der Waals surface area contributed by atoms with Gasteiger partial charge in [0, 0.05) is 32.7 Å². The minimum atomic E-state index is -4.65. The van der Waals surface area contributed by atoms with Crippen molar-refractivity contribution >= 4 is 43.6 Å². The third-order valence-corrected chi connectivity index (χ3v) is 10.3. The molecule has 0 unspecified atom stereocenters. The Morgan fingerprint density at radius 1 is 0.375 bits per heavy atom. The van der Waals surface area contributed by atoms with Gasteiger partial charge in [0.15, 0.2) is 0 Å². The number of halogens is 6. The lowest BCUT2D eigenvalue weighted by Gasteiger charge is -2.25. The maximum Gasteiger partial charge on any atom is 0.416 e. The van der Waals surface area contributed by atoms with Crippen molar-refractivity contribution in [3.8, 4) is 45.8 Å². The molecular weight excluding hydrogens is 723 g/mol. The molecule has 2 aromatic heterocycles. The molecule has 0 saturated heterocycles. The first-order chi connectivity index (χ1) is 27.0. The van der Waals surface area contributed by atoms with Crippen molar-refractivity contribution in [2.24, 2.45) is 0 Å². The van der Waals surface area contributed by atoms with Crippen LogP contribution in [0.2, 0.25) is 0 Å². The number of hydrogen-bond acceptors (Lipinski definition) is 2. The van der Waals surface area contributed by atoms with Gasteiger partial charge in [-0.15, -0.1) is 0 Å². The van der Waals surface area contributed by atoms with Crippen LogP contribution in [0.1, 0.15) is 22.3 Å². The topological polar surface area (TPSA) is 57.4 Å². The first kappa shape index (κ1) is 34.5. The molecule has 0 aliphatic rings. The smallest absolute Gasteiger partial charge is 0.307 e. The number of benzene rings is 7. The molecule has 56 heavy (non-hydrogen) atoms. The minimum absolute atomic E-state index is 0.0489. The molecule has 0 spiro atoms. The van der Waals surface area contributed by atoms with Gasteiger partial charge in [0.05, 0.1) is 55.7 Å². The summed E-state index contributed by atoms with van der Waals surface area (Å²) in [5.41, 5.74) is 2.05. The van der Waals surface area contributed by atoms with Gasteiger partial charge in [-0.1, -0.05) is 97.1 Å². The highest BCUT2D eigenvalue weighted by molar-refractivity contribution is 6.13. The lowest BCUT2D eigenvalue weighted by Crippen LogP contribution is -2.11. The number of aromatic nitrogens is 2. The zero-order valence-corrected chi connectivity index (χ0v) is 28.9. The number of para-hydroxylation sites is 4. The third kappa shape index (κ3) is 5.22. The summed E-state index contributed by atoms with van der Waals surface area (Å²) in [6.45, 7) is 0. The molecule has 9 aromatic rings. The van der Waals surface area contributed by atoms with Crippen LogP contribution in [0.4, 0.5) is 26.3 Å². The van der Waals surface area contributed by atoms with Gasteiger partial charge in [-0.2, -0.15) is 36.9 Å². The molecule has 0 amide bonds. The van der Waals surface area contributed by atoms with Crippen molar-refractivity contribution in [2.75, 3.05) is 0 Å². The van der Waals surface area contributed by atoms with Crippen LogP contribution < -0.4 is 0 Å². The van der Waals surface area contributed by atoms with Gasteiger partial charge in [-0.3, -0.25) is 0 Å². The van der Waals surface area contributed by atoms with Gasteiger partial charge in [0.25, 0.3) is 0 Å². The first-order valence-electron chi connectivity index (χ1n) is 17.4. The molecule has 0 atom stereocenters. The van der Waals surface area contributed by atoms with Crippen LogP contribution in [-0.2, 0) is 12.4 Å². The van der Waals surface area contributed by atoms with E-state index in [4.69, 9.17) is 0 Å². The molecule has 2 heterocycles. The van der Waals surface area contributed by atoms with Crippen LogP contribution in [-0.4, -0.2) is 9.13 Å². The Bertz CT molecular complexity index is 2860. The van der Waals surface area contributed by atoms with E-state index in [2.05, 4.69) is 12.1 Å². The van der Waals surface area contributed by atoms with Crippen molar-refractivity contribution in [1.82, 2.24) is 9.13 Å². The van der Waals surface area contributed by atoms with E-state index in [1.165, 1.54) is 24.3 Å². The van der Waals surface area contributed by atoms with Crippen LogP contribution in [0.25, 0.3) is 77.2 Å². The molecule has 270 valence electrons. The maximum atomic E-state index is 14.0. The second kappa shape index (κ2) is 12.6. The average molecular weight is 747 g/mol. The fraction of sp³-hybridized carbons (Fsp3) is 0.0435. The highest BCUT2D eigenvalue weighted by Gasteiger charge is 2.34. The molecule has 0 bridgehead atoms. The standard InChI is InChI=1S/C46H24F6N4/c47-45(48,49)29-21-17-27(18-22-29)41-35(25-53)43(55-37-13-5-1-9-31(37)32-10-2-6-14-38(32)55)42(28-19-23-30(24-20-28)46(50,51)52)44(36(41)26-54)56-39-15-7-3-11-33(39)34-12-4-8-16-40(34)56/h1-24H. The number of nitriles is 2. The maximum absolute atomic E-state index is 14.0. The SMILES string of the molecule is N#Cc1c(-c2ccc(C(F)(F)F)cc2)c(C#N)c(-n2c3ccccc3c3ccccc32)c(-c2ccc(C(F)(F)F)cc2)c1-n1c2ccccc2c2ccccc21. The highest BCUT2D eigenvalue weighted by Crippen LogP contribution is 2.49. The predicted molar refractivity (Wildman–Crippen MR) is 205 cm³/mol. The van der Waals surface area contributed by atoms with Crippen molar-refractivity contribution in [2.45, 2.75) is 12.4 Å².